The molecular weight excluding hydrogens is 266 g/mol. The van der Waals surface area contributed by atoms with E-state index in [9.17, 15) is 0 Å². The largest absolute Gasteiger partial charge is 0.382 e. The molecule has 0 atom stereocenters. The van der Waals surface area contributed by atoms with Crippen LogP contribution in [0.25, 0.3) is 0 Å². The predicted octanol–water partition coefficient (Wildman–Crippen LogP) is 0.731. The van der Waals surface area contributed by atoms with E-state index in [1.807, 2.05) is 11.8 Å². The molecular formula is C13H27NO4S. The van der Waals surface area contributed by atoms with Gasteiger partial charge in [-0.3, -0.25) is 4.90 Å². The van der Waals surface area contributed by atoms with Gasteiger partial charge in [0.15, 0.2) is 0 Å². The Kier molecular flexibility index (Phi) is 11.9. The van der Waals surface area contributed by atoms with Crippen molar-refractivity contribution in [3.8, 4) is 0 Å². The molecule has 0 saturated carbocycles. The van der Waals surface area contributed by atoms with E-state index in [2.05, 4.69) is 4.90 Å². The molecule has 0 unspecified atom stereocenters. The summed E-state index contributed by atoms with van der Waals surface area (Å²) in [6.07, 6.45) is 0. The fourth-order valence-corrected chi connectivity index (χ4v) is 2.68. The Hall–Kier alpha value is 0.150. The van der Waals surface area contributed by atoms with Gasteiger partial charge < -0.3 is 18.9 Å². The Morgan fingerprint density at radius 3 is 1.89 bits per heavy atom. The zero-order valence-electron chi connectivity index (χ0n) is 12.0. The Morgan fingerprint density at radius 1 is 0.789 bits per heavy atom. The molecule has 0 aromatic rings. The minimum Gasteiger partial charge on any atom is -0.382 e. The zero-order valence-corrected chi connectivity index (χ0v) is 12.8. The molecule has 1 saturated heterocycles. The maximum atomic E-state index is 5.55. The zero-order chi connectivity index (χ0) is 13.6. The van der Waals surface area contributed by atoms with Gasteiger partial charge in [-0.2, -0.15) is 11.8 Å². The maximum absolute atomic E-state index is 5.55. The van der Waals surface area contributed by atoms with Crippen molar-refractivity contribution in [3.63, 3.8) is 0 Å². The first-order valence-corrected chi connectivity index (χ1v) is 8.11. The van der Waals surface area contributed by atoms with Crippen molar-refractivity contribution in [1.29, 1.82) is 0 Å². The van der Waals surface area contributed by atoms with Crippen molar-refractivity contribution in [3.05, 3.63) is 0 Å². The van der Waals surface area contributed by atoms with Crippen molar-refractivity contribution in [2.45, 2.75) is 0 Å². The predicted molar refractivity (Wildman–Crippen MR) is 78.1 cm³/mol. The van der Waals surface area contributed by atoms with Crippen LogP contribution in [0, 0.1) is 0 Å². The number of hydrogen-bond donors (Lipinski definition) is 0. The third-order valence-corrected chi connectivity index (χ3v) is 3.77. The number of thioether (sulfide) groups is 1. The van der Waals surface area contributed by atoms with Gasteiger partial charge in [0.05, 0.1) is 46.2 Å². The van der Waals surface area contributed by atoms with E-state index in [1.54, 1.807) is 7.11 Å². The van der Waals surface area contributed by atoms with Gasteiger partial charge in [-0.15, -0.1) is 0 Å². The van der Waals surface area contributed by atoms with E-state index in [4.69, 9.17) is 18.9 Å². The number of methoxy groups -OCH3 is 1. The number of nitrogens with zero attached hydrogens (tertiary/aromatic N) is 1. The lowest BCUT2D eigenvalue weighted by Gasteiger charge is -2.25. The first kappa shape index (κ1) is 17.2. The number of ether oxygens (including phenoxy) is 4. The van der Waals surface area contributed by atoms with Crippen LogP contribution < -0.4 is 0 Å². The fraction of sp³-hybridized carbons (Fsp3) is 1.00. The molecule has 1 fully saturated rings. The quantitative estimate of drug-likeness (QED) is 0.494. The molecule has 0 aromatic heterocycles. The summed E-state index contributed by atoms with van der Waals surface area (Å²) in [5.74, 6) is 2.51. The first-order chi connectivity index (χ1) is 9.43. The van der Waals surface area contributed by atoms with Crippen LogP contribution in [-0.2, 0) is 18.9 Å². The van der Waals surface area contributed by atoms with Crippen LogP contribution in [-0.4, -0.2) is 89.4 Å². The molecule has 6 heteroatoms. The lowest BCUT2D eigenvalue weighted by molar-refractivity contribution is 0.00131. The van der Waals surface area contributed by atoms with Crippen LogP contribution >= 0.6 is 11.8 Å². The molecule has 0 spiro atoms. The Bertz CT molecular complexity index is 191. The van der Waals surface area contributed by atoms with E-state index in [0.717, 1.165) is 13.2 Å². The van der Waals surface area contributed by atoms with Crippen LogP contribution in [0.3, 0.4) is 0 Å². The lowest BCUT2D eigenvalue weighted by atomic mass is 10.5. The fourth-order valence-electron chi connectivity index (χ4n) is 1.70. The van der Waals surface area contributed by atoms with Crippen LogP contribution in [0.1, 0.15) is 0 Å². The minimum atomic E-state index is 0.620. The van der Waals surface area contributed by atoms with E-state index < -0.39 is 0 Å². The molecule has 1 heterocycles. The molecule has 0 aliphatic carbocycles. The first-order valence-electron chi connectivity index (χ1n) is 6.96. The standard InChI is InChI=1S/C13H27NO4S/c1-15-6-7-17-10-11-18-9-8-16-5-2-14-3-12-19-13-4-14/h2-13H2,1H3. The number of hydrogen-bond acceptors (Lipinski definition) is 6. The highest BCUT2D eigenvalue weighted by Crippen LogP contribution is 2.08. The van der Waals surface area contributed by atoms with Crippen molar-refractivity contribution < 1.29 is 18.9 Å². The van der Waals surface area contributed by atoms with Crippen LogP contribution in [0.2, 0.25) is 0 Å². The van der Waals surface area contributed by atoms with Gasteiger partial charge in [-0.1, -0.05) is 0 Å². The van der Waals surface area contributed by atoms with Gasteiger partial charge in [0.1, 0.15) is 0 Å². The minimum absolute atomic E-state index is 0.620. The van der Waals surface area contributed by atoms with E-state index in [-0.39, 0.29) is 0 Å². The van der Waals surface area contributed by atoms with Gasteiger partial charge in [-0.25, -0.2) is 0 Å². The molecule has 1 aliphatic heterocycles. The molecule has 0 N–H and O–H groups in total. The van der Waals surface area contributed by atoms with E-state index >= 15 is 0 Å². The molecule has 0 amide bonds. The topological polar surface area (TPSA) is 40.2 Å². The molecule has 114 valence electrons. The Morgan fingerprint density at radius 2 is 1.32 bits per heavy atom. The lowest BCUT2D eigenvalue weighted by Crippen LogP contribution is -2.35. The van der Waals surface area contributed by atoms with Crippen LogP contribution in [0.15, 0.2) is 0 Å². The summed E-state index contributed by atoms with van der Waals surface area (Å²) in [5.41, 5.74) is 0. The monoisotopic (exact) mass is 293 g/mol. The van der Waals surface area contributed by atoms with Gasteiger partial charge >= 0.3 is 0 Å². The summed E-state index contributed by atoms with van der Waals surface area (Å²) in [5, 5.41) is 0. The van der Waals surface area contributed by atoms with Gasteiger partial charge in [0.2, 0.25) is 0 Å². The summed E-state index contributed by atoms with van der Waals surface area (Å²) >= 11 is 2.04. The second-order valence-electron chi connectivity index (χ2n) is 4.28. The van der Waals surface area contributed by atoms with Crippen molar-refractivity contribution in [2.24, 2.45) is 0 Å². The average molecular weight is 293 g/mol. The average Bonchev–Trinajstić information content (AvgIpc) is 2.46. The molecule has 1 rings (SSSR count). The van der Waals surface area contributed by atoms with Crippen LogP contribution in [0.5, 0.6) is 0 Å². The third-order valence-electron chi connectivity index (χ3n) is 2.83. The number of rotatable bonds is 12. The third kappa shape index (κ3) is 10.6. The highest BCUT2D eigenvalue weighted by atomic mass is 32.2. The summed E-state index contributed by atoms with van der Waals surface area (Å²) in [6, 6.07) is 0. The highest BCUT2D eigenvalue weighted by molar-refractivity contribution is 7.99. The second kappa shape index (κ2) is 13.1. The van der Waals surface area contributed by atoms with Gasteiger partial charge in [-0.05, 0) is 0 Å². The summed E-state index contributed by atoms with van der Waals surface area (Å²) in [4.78, 5) is 2.46. The molecule has 0 bridgehead atoms. The summed E-state index contributed by atoms with van der Waals surface area (Å²) in [7, 11) is 1.67. The normalized spacial score (nSPS) is 16.9. The maximum Gasteiger partial charge on any atom is 0.0701 e. The van der Waals surface area contributed by atoms with Gasteiger partial charge in [0.25, 0.3) is 0 Å². The van der Waals surface area contributed by atoms with E-state index in [1.165, 1.54) is 24.6 Å². The summed E-state index contributed by atoms with van der Waals surface area (Å²) < 4.78 is 21.1. The Labute approximate surface area is 120 Å². The molecule has 0 aromatic carbocycles. The Balaban J connectivity index is 1.71. The van der Waals surface area contributed by atoms with Crippen molar-refractivity contribution in [1.82, 2.24) is 4.90 Å². The SMILES string of the molecule is COCCOCCOCCOCCN1CCSCC1. The molecule has 19 heavy (non-hydrogen) atoms. The molecule has 5 nitrogen and oxygen atoms in total. The van der Waals surface area contributed by atoms with Crippen LogP contribution in [0.4, 0.5) is 0 Å². The van der Waals surface area contributed by atoms with Gasteiger partial charge in [0, 0.05) is 38.2 Å². The molecule has 1 aliphatic rings. The highest BCUT2D eigenvalue weighted by Gasteiger charge is 2.08. The van der Waals surface area contributed by atoms with E-state index in [0.29, 0.717) is 39.6 Å². The smallest absolute Gasteiger partial charge is 0.0701 e. The van der Waals surface area contributed by atoms with Crippen molar-refractivity contribution in [2.75, 3.05) is 84.5 Å². The van der Waals surface area contributed by atoms with Crippen molar-refractivity contribution >= 4 is 11.8 Å². The molecule has 0 radical (unpaired) electrons. The summed E-state index contributed by atoms with van der Waals surface area (Å²) in [6.45, 7) is 8.06. The second-order valence-corrected chi connectivity index (χ2v) is 5.51.